The van der Waals surface area contributed by atoms with E-state index in [0.717, 1.165) is 5.56 Å². The number of carbonyl (C=O) groups excluding carboxylic acids is 2. The van der Waals surface area contributed by atoms with Crippen molar-refractivity contribution in [1.82, 2.24) is 15.0 Å². The molecule has 0 aliphatic carbocycles. The van der Waals surface area contributed by atoms with Crippen LogP contribution in [0, 0.1) is 18.7 Å². The summed E-state index contributed by atoms with van der Waals surface area (Å²) in [5, 5.41) is 3.81. The van der Waals surface area contributed by atoms with E-state index in [4.69, 9.17) is 4.52 Å². The average Bonchev–Trinajstić information content (AvgIpc) is 3.00. The molecule has 0 N–H and O–H groups in total. The predicted octanol–water partition coefficient (Wildman–Crippen LogP) is 3.02. The Balaban J connectivity index is 1.81. The number of halogens is 1. The molecule has 1 aromatic carbocycles. The minimum Gasteiger partial charge on any atom is -0.361 e. The van der Waals surface area contributed by atoms with Crippen molar-refractivity contribution in [3.05, 3.63) is 53.2 Å². The molecule has 6 nitrogen and oxygen atoms in total. The largest absolute Gasteiger partial charge is 0.361 e. The van der Waals surface area contributed by atoms with E-state index in [1.165, 1.54) is 12.1 Å². The van der Waals surface area contributed by atoms with Crippen LogP contribution in [0.2, 0.25) is 0 Å². The molecule has 1 atom stereocenters. The van der Waals surface area contributed by atoms with Crippen LogP contribution in [-0.4, -0.2) is 45.9 Å². The Morgan fingerprint density at radius 3 is 2.63 bits per heavy atom. The Bertz CT molecular complexity index is 816. The molecule has 3 rings (SSSR count). The third-order valence-electron chi connectivity index (χ3n) is 4.89. The van der Waals surface area contributed by atoms with Gasteiger partial charge in [-0.05, 0) is 30.5 Å². The smallest absolute Gasteiger partial charge is 0.276 e. The van der Waals surface area contributed by atoms with Gasteiger partial charge in [0.25, 0.3) is 5.91 Å². The van der Waals surface area contributed by atoms with Gasteiger partial charge in [0.1, 0.15) is 11.6 Å². The summed E-state index contributed by atoms with van der Waals surface area (Å²) < 4.78 is 18.2. The molecule has 1 unspecified atom stereocenters. The van der Waals surface area contributed by atoms with Crippen LogP contribution in [-0.2, 0) is 11.3 Å². The highest BCUT2D eigenvalue weighted by molar-refractivity contribution is 5.93. The van der Waals surface area contributed by atoms with Gasteiger partial charge in [0.05, 0.1) is 6.04 Å². The van der Waals surface area contributed by atoms with Crippen molar-refractivity contribution in [3.8, 4) is 0 Å². The van der Waals surface area contributed by atoms with Crippen molar-refractivity contribution in [2.75, 3.05) is 13.1 Å². The quantitative estimate of drug-likeness (QED) is 0.826. The normalized spacial score (nSPS) is 18.1. The first-order valence-corrected chi connectivity index (χ1v) is 9.11. The Kier molecular flexibility index (Phi) is 5.58. The molecule has 1 fully saturated rings. The number of hydrogen-bond donors (Lipinski definition) is 0. The van der Waals surface area contributed by atoms with E-state index in [0.29, 0.717) is 25.4 Å². The summed E-state index contributed by atoms with van der Waals surface area (Å²) in [6.45, 7) is 6.96. The van der Waals surface area contributed by atoms with Crippen molar-refractivity contribution < 1.29 is 18.5 Å². The first kappa shape index (κ1) is 19.1. The predicted molar refractivity (Wildman–Crippen MR) is 97.3 cm³/mol. The van der Waals surface area contributed by atoms with Gasteiger partial charge in [-0.2, -0.15) is 0 Å². The van der Waals surface area contributed by atoms with E-state index in [-0.39, 0.29) is 41.7 Å². The second kappa shape index (κ2) is 7.90. The summed E-state index contributed by atoms with van der Waals surface area (Å²) in [6, 6.07) is 7.63. The van der Waals surface area contributed by atoms with Gasteiger partial charge in [-0.1, -0.05) is 31.1 Å². The number of rotatable bonds is 4. The summed E-state index contributed by atoms with van der Waals surface area (Å²) in [5.74, 6) is 0.184. The van der Waals surface area contributed by atoms with Gasteiger partial charge in [-0.15, -0.1) is 0 Å². The molecule has 7 heteroatoms. The number of aromatic nitrogens is 1. The van der Waals surface area contributed by atoms with Gasteiger partial charge >= 0.3 is 0 Å². The number of aryl methyl sites for hydroxylation is 1. The molecular formula is C20H24FN3O3. The lowest BCUT2D eigenvalue weighted by Crippen LogP contribution is -2.47. The Morgan fingerprint density at radius 2 is 2.04 bits per heavy atom. The fraction of sp³-hybridized carbons (Fsp3) is 0.450. The summed E-state index contributed by atoms with van der Waals surface area (Å²) in [5.41, 5.74) is 1.12. The van der Waals surface area contributed by atoms with Crippen molar-refractivity contribution in [1.29, 1.82) is 0 Å². The molecule has 1 aliphatic heterocycles. The number of benzene rings is 1. The molecule has 1 aromatic heterocycles. The van der Waals surface area contributed by atoms with Crippen LogP contribution in [0.4, 0.5) is 4.39 Å². The first-order valence-electron chi connectivity index (χ1n) is 9.11. The maximum atomic E-state index is 13.2. The van der Waals surface area contributed by atoms with Crippen molar-refractivity contribution in [2.45, 2.75) is 39.8 Å². The molecule has 0 spiro atoms. The van der Waals surface area contributed by atoms with Crippen LogP contribution >= 0.6 is 0 Å². The van der Waals surface area contributed by atoms with Crippen LogP contribution in [0.1, 0.15) is 42.1 Å². The van der Waals surface area contributed by atoms with Crippen molar-refractivity contribution in [3.63, 3.8) is 0 Å². The first-order chi connectivity index (χ1) is 12.8. The Hall–Kier alpha value is -2.70. The lowest BCUT2D eigenvalue weighted by atomic mass is 10.0. The summed E-state index contributed by atoms with van der Waals surface area (Å²) in [6.07, 6.45) is 0.243. The second-order valence-corrected chi connectivity index (χ2v) is 7.28. The molecule has 27 heavy (non-hydrogen) atoms. The average molecular weight is 373 g/mol. The SMILES string of the molecule is Cc1cc(C(=O)N2CCC(=O)N(Cc3ccc(F)cc3)C(C(C)C)C2)no1. The highest BCUT2D eigenvalue weighted by Gasteiger charge is 2.34. The Morgan fingerprint density at radius 1 is 1.33 bits per heavy atom. The number of hydrogen-bond acceptors (Lipinski definition) is 4. The maximum absolute atomic E-state index is 13.2. The van der Waals surface area contributed by atoms with E-state index in [1.54, 1.807) is 34.9 Å². The van der Waals surface area contributed by atoms with Crippen LogP contribution < -0.4 is 0 Å². The van der Waals surface area contributed by atoms with Crippen LogP contribution in [0.5, 0.6) is 0 Å². The lowest BCUT2D eigenvalue weighted by Gasteiger charge is -2.34. The van der Waals surface area contributed by atoms with Crippen LogP contribution in [0.3, 0.4) is 0 Å². The maximum Gasteiger partial charge on any atom is 0.276 e. The number of amides is 2. The molecule has 0 saturated carbocycles. The second-order valence-electron chi connectivity index (χ2n) is 7.28. The standard InChI is InChI=1S/C20H24FN3O3/c1-13(2)18-12-23(20(26)17-10-14(3)27-22-17)9-8-19(25)24(18)11-15-4-6-16(21)7-5-15/h4-7,10,13,18H,8-9,11-12H2,1-3H3. The van der Waals surface area contributed by atoms with Crippen LogP contribution in [0.15, 0.2) is 34.9 Å². The zero-order valence-corrected chi connectivity index (χ0v) is 15.8. The van der Waals surface area contributed by atoms with E-state index < -0.39 is 0 Å². The van der Waals surface area contributed by atoms with Gasteiger partial charge in [0.2, 0.25) is 5.91 Å². The third kappa shape index (κ3) is 4.35. The Labute approximate surface area is 157 Å². The number of carbonyl (C=O) groups is 2. The molecule has 1 aliphatic rings. The summed E-state index contributed by atoms with van der Waals surface area (Å²) >= 11 is 0. The minimum absolute atomic E-state index is 0.00958. The molecular weight excluding hydrogens is 349 g/mol. The summed E-state index contributed by atoms with van der Waals surface area (Å²) in [4.78, 5) is 29.0. The zero-order chi connectivity index (χ0) is 19.6. The van der Waals surface area contributed by atoms with Gasteiger partial charge in [-0.25, -0.2) is 4.39 Å². The topological polar surface area (TPSA) is 66.7 Å². The highest BCUT2D eigenvalue weighted by Crippen LogP contribution is 2.22. The van der Waals surface area contributed by atoms with Gasteiger partial charge in [-0.3, -0.25) is 9.59 Å². The third-order valence-corrected chi connectivity index (χ3v) is 4.89. The molecule has 1 saturated heterocycles. The lowest BCUT2D eigenvalue weighted by molar-refractivity contribution is -0.134. The van der Waals surface area contributed by atoms with E-state index >= 15 is 0 Å². The van der Waals surface area contributed by atoms with Crippen molar-refractivity contribution >= 4 is 11.8 Å². The summed E-state index contributed by atoms with van der Waals surface area (Å²) in [7, 11) is 0. The van der Waals surface area contributed by atoms with Gasteiger partial charge in [0.15, 0.2) is 5.69 Å². The van der Waals surface area contributed by atoms with Crippen LogP contribution in [0.25, 0.3) is 0 Å². The zero-order valence-electron chi connectivity index (χ0n) is 15.8. The molecule has 144 valence electrons. The van der Waals surface area contributed by atoms with E-state index in [2.05, 4.69) is 5.16 Å². The number of nitrogens with zero attached hydrogens (tertiary/aromatic N) is 3. The van der Waals surface area contributed by atoms with Gasteiger partial charge < -0.3 is 14.3 Å². The van der Waals surface area contributed by atoms with Crippen molar-refractivity contribution in [2.24, 2.45) is 5.92 Å². The van der Waals surface area contributed by atoms with E-state index in [1.807, 2.05) is 13.8 Å². The van der Waals surface area contributed by atoms with E-state index in [9.17, 15) is 14.0 Å². The highest BCUT2D eigenvalue weighted by atomic mass is 19.1. The fourth-order valence-electron chi connectivity index (χ4n) is 3.35. The molecule has 2 heterocycles. The molecule has 2 aromatic rings. The monoisotopic (exact) mass is 373 g/mol. The molecule has 0 bridgehead atoms. The van der Waals surface area contributed by atoms with Gasteiger partial charge in [0, 0.05) is 32.1 Å². The fourth-order valence-corrected chi connectivity index (χ4v) is 3.35. The minimum atomic E-state index is -0.305. The molecule has 2 amide bonds. The molecule has 0 radical (unpaired) electrons.